The molecule has 0 N–H and O–H groups in total. The molecule has 0 saturated carbocycles. The predicted octanol–water partition coefficient (Wildman–Crippen LogP) is 5.01. The fraction of sp³-hybridized carbons (Fsp3) is 0.333. The number of carbonyl (C=O) groups is 2. The Labute approximate surface area is 164 Å². The minimum Gasteiger partial charge on any atom is -0.462 e. The van der Waals surface area contributed by atoms with E-state index < -0.39 is 11.9 Å². The van der Waals surface area contributed by atoms with Crippen LogP contribution in [0.4, 0.5) is 0 Å². The van der Waals surface area contributed by atoms with Crippen LogP contribution in [0.15, 0.2) is 0 Å². The summed E-state index contributed by atoms with van der Waals surface area (Å²) in [6, 6.07) is 0. The van der Waals surface area contributed by atoms with Gasteiger partial charge >= 0.3 is 11.9 Å². The number of rotatable bonds is 7. The van der Waals surface area contributed by atoms with Crippen LogP contribution in [0.2, 0.25) is 19.0 Å². The SMILES string of the molecule is O=C(OCCCCOC(=O)c1c(Cl)nsc1Cl)c1c(Cl)nsc1Cl. The molecule has 0 aliphatic heterocycles. The van der Waals surface area contributed by atoms with Gasteiger partial charge in [0.1, 0.15) is 19.8 Å². The maximum Gasteiger partial charge on any atom is 0.343 e. The third-order valence-electron chi connectivity index (χ3n) is 2.63. The van der Waals surface area contributed by atoms with Crippen molar-refractivity contribution < 1.29 is 19.1 Å². The monoisotopic (exact) mass is 448 g/mol. The number of aromatic nitrogens is 2. The number of hydrogen-bond donors (Lipinski definition) is 0. The number of hydrogen-bond acceptors (Lipinski definition) is 8. The van der Waals surface area contributed by atoms with Crippen molar-refractivity contribution in [1.29, 1.82) is 0 Å². The maximum absolute atomic E-state index is 11.8. The van der Waals surface area contributed by atoms with Gasteiger partial charge in [-0.05, 0) is 35.9 Å². The fourth-order valence-corrected chi connectivity index (χ4v) is 3.86. The molecule has 0 saturated heterocycles. The van der Waals surface area contributed by atoms with E-state index in [-0.39, 0.29) is 43.3 Å². The lowest BCUT2D eigenvalue weighted by atomic mass is 10.3. The summed E-state index contributed by atoms with van der Waals surface area (Å²) in [5, 5.41) is 0.0316. The molecule has 12 heteroatoms. The topological polar surface area (TPSA) is 78.4 Å². The maximum atomic E-state index is 11.8. The minimum atomic E-state index is -0.640. The summed E-state index contributed by atoms with van der Waals surface area (Å²) >= 11 is 24.9. The number of nitrogens with zero attached hydrogens (tertiary/aromatic N) is 2. The van der Waals surface area contributed by atoms with E-state index in [0.29, 0.717) is 12.8 Å². The van der Waals surface area contributed by atoms with E-state index in [1.165, 1.54) is 0 Å². The number of ether oxygens (including phenoxy) is 2. The van der Waals surface area contributed by atoms with E-state index in [4.69, 9.17) is 55.9 Å². The van der Waals surface area contributed by atoms with E-state index in [1.54, 1.807) is 0 Å². The first-order valence-electron chi connectivity index (χ1n) is 6.37. The standard InChI is InChI=1S/C12H8Cl4N2O4S2/c13-7-5(9(15)23-17-7)11(19)21-3-1-2-4-22-12(20)6-8(14)18-24-10(6)16/h1-4H2. The van der Waals surface area contributed by atoms with Gasteiger partial charge in [0.2, 0.25) is 0 Å². The summed E-state index contributed by atoms with van der Waals surface area (Å²) in [7, 11) is 0. The lowest BCUT2D eigenvalue weighted by Crippen LogP contribution is -2.09. The molecule has 0 aliphatic rings. The quantitative estimate of drug-likeness (QED) is 0.436. The van der Waals surface area contributed by atoms with Gasteiger partial charge < -0.3 is 9.47 Å². The molecule has 0 aliphatic carbocycles. The van der Waals surface area contributed by atoms with Gasteiger partial charge in [0.05, 0.1) is 13.2 Å². The van der Waals surface area contributed by atoms with Crippen molar-refractivity contribution in [1.82, 2.24) is 8.75 Å². The van der Waals surface area contributed by atoms with Gasteiger partial charge in [0.15, 0.2) is 10.3 Å². The Morgan fingerprint density at radius 3 is 1.46 bits per heavy atom. The van der Waals surface area contributed by atoms with Gasteiger partial charge in [-0.1, -0.05) is 46.4 Å². The molecule has 24 heavy (non-hydrogen) atoms. The van der Waals surface area contributed by atoms with Crippen molar-refractivity contribution in [3.63, 3.8) is 0 Å². The molecular weight excluding hydrogens is 442 g/mol. The van der Waals surface area contributed by atoms with E-state index >= 15 is 0 Å². The Morgan fingerprint density at radius 2 is 1.17 bits per heavy atom. The van der Waals surface area contributed by atoms with E-state index in [1.807, 2.05) is 0 Å². The highest BCUT2D eigenvalue weighted by atomic mass is 35.5. The number of carbonyl (C=O) groups excluding carboxylic acids is 2. The molecule has 130 valence electrons. The van der Waals surface area contributed by atoms with Crippen LogP contribution >= 0.6 is 69.5 Å². The summed E-state index contributed by atoms with van der Waals surface area (Å²) in [5.41, 5.74) is 0.119. The van der Waals surface area contributed by atoms with Gasteiger partial charge in [-0.15, -0.1) is 0 Å². The molecule has 0 unspecified atom stereocenters. The average molecular weight is 450 g/mol. The molecule has 0 atom stereocenters. The molecule has 0 spiro atoms. The third-order valence-corrected chi connectivity index (χ3v) is 5.45. The molecule has 2 aromatic heterocycles. The van der Waals surface area contributed by atoms with E-state index in [9.17, 15) is 9.59 Å². The van der Waals surface area contributed by atoms with Gasteiger partial charge in [-0.25, -0.2) is 9.59 Å². The number of esters is 2. The second-order valence-corrected chi connectivity index (χ2v) is 7.69. The van der Waals surface area contributed by atoms with Crippen LogP contribution in [0, 0.1) is 0 Å². The first kappa shape index (κ1) is 19.7. The highest BCUT2D eigenvalue weighted by Gasteiger charge is 2.21. The minimum absolute atomic E-state index is 0.0158. The van der Waals surface area contributed by atoms with Crippen molar-refractivity contribution in [3.05, 3.63) is 30.1 Å². The molecule has 0 amide bonds. The van der Waals surface area contributed by atoms with Crippen LogP contribution in [0.3, 0.4) is 0 Å². The zero-order chi connectivity index (χ0) is 17.7. The fourth-order valence-electron chi connectivity index (χ4n) is 1.51. The summed E-state index contributed by atoms with van der Waals surface area (Å²) in [4.78, 5) is 23.5. The van der Waals surface area contributed by atoms with Crippen LogP contribution in [0.25, 0.3) is 0 Å². The van der Waals surface area contributed by atoms with Crippen molar-refractivity contribution in [2.45, 2.75) is 12.8 Å². The van der Waals surface area contributed by atoms with E-state index in [0.717, 1.165) is 23.1 Å². The molecule has 0 aromatic carbocycles. The molecule has 0 bridgehead atoms. The highest BCUT2D eigenvalue weighted by Crippen LogP contribution is 2.29. The molecule has 2 aromatic rings. The lowest BCUT2D eigenvalue weighted by Gasteiger charge is -2.05. The molecule has 6 nitrogen and oxygen atoms in total. The Kier molecular flexibility index (Phi) is 7.52. The van der Waals surface area contributed by atoms with Crippen LogP contribution < -0.4 is 0 Å². The lowest BCUT2D eigenvalue weighted by molar-refractivity contribution is 0.0433. The smallest absolute Gasteiger partial charge is 0.343 e. The molecule has 0 radical (unpaired) electrons. The second-order valence-electron chi connectivity index (χ2n) is 4.22. The van der Waals surface area contributed by atoms with Gasteiger partial charge in [0, 0.05) is 0 Å². The summed E-state index contributed by atoms with van der Waals surface area (Å²) in [6.07, 6.45) is 0.963. The molecular formula is C12H8Cl4N2O4S2. The summed E-state index contributed by atoms with van der Waals surface area (Å²) < 4.78 is 17.9. The summed E-state index contributed by atoms with van der Waals surface area (Å²) in [6.45, 7) is 0.251. The van der Waals surface area contributed by atoms with Crippen molar-refractivity contribution in [2.24, 2.45) is 0 Å². The van der Waals surface area contributed by atoms with Crippen molar-refractivity contribution in [3.8, 4) is 0 Å². The number of halogens is 4. The van der Waals surface area contributed by atoms with Gasteiger partial charge in [-0.2, -0.15) is 8.75 Å². The Bertz CT molecular complexity index is 648. The first-order chi connectivity index (χ1) is 11.4. The Morgan fingerprint density at radius 1 is 0.792 bits per heavy atom. The third kappa shape index (κ3) is 4.93. The van der Waals surface area contributed by atoms with Crippen molar-refractivity contribution in [2.75, 3.05) is 13.2 Å². The van der Waals surface area contributed by atoms with Crippen LogP contribution in [-0.4, -0.2) is 33.9 Å². The van der Waals surface area contributed by atoms with Gasteiger partial charge in [0.25, 0.3) is 0 Å². The Hall–Kier alpha value is -0.640. The molecule has 0 fully saturated rings. The Balaban J connectivity index is 1.67. The summed E-state index contributed by atoms with van der Waals surface area (Å²) in [5.74, 6) is -1.28. The second kappa shape index (κ2) is 9.17. The first-order valence-corrected chi connectivity index (χ1v) is 9.43. The van der Waals surface area contributed by atoms with E-state index in [2.05, 4.69) is 8.75 Å². The predicted molar refractivity (Wildman–Crippen MR) is 94.1 cm³/mol. The average Bonchev–Trinajstić information content (AvgIpc) is 3.04. The zero-order valence-corrected chi connectivity index (χ0v) is 16.3. The van der Waals surface area contributed by atoms with Crippen molar-refractivity contribution >= 4 is 81.4 Å². The largest absolute Gasteiger partial charge is 0.462 e. The van der Waals surface area contributed by atoms with Crippen LogP contribution in [-0.2, 0) is 9.47 Å². The number of unbranched alkanes of at least 4 members (excludes halogenated alkanes) is 1. The molecule has 2 rings (SSSR count). The van der Waals surface area contributed by atoms with Crippen LogP contribution in [0.1, 0.15) is 33.6 Å². The normalized spacial score (nSPS) is 10.7. The highest BCUT2D eigenvalue weighted by molar-refractivity contribution is 7.11. The zero-order valence-electron chi connectivity index (χ0n) is 11.7. The van der Waals surface area contributed by atoms with Crippen LogP contribution in [0.5, 0.6) is 0 Å². The molecule has 2 heterocycles. The van der Waals surface area contributed by atoms with Gasteiger partial charge in [-0.3, -0.25) is 0 Å².